The smallest absolute Gasteiger partial charge is 0.295 e. The highest BCUT2D eigenvalue weighted by Gasteiger charge is 2.29. The molecule has 9 nitrogen and oxygen atoms in total. The van der Waals surface area contributed by atoms with Crippen molar-refractivity contribution in [1.29, 1.82) is 0 Å². The molecule has 0 saturated carbocycles. The van der Waals surface area contributed by atoms with Gasteiger partial charge in [-0.25, -0.2) is 8.42 Å². The first kappa shape index (κ1) is 19.8. The van der Waals surface area contributed by atoms with Gasteiger partial charge in [0.2, 0.25) is 10.0 Å². The summed E-state index contributed by atoms with van der Waals surface area (Å²) >= 11 is 0. The van der Waals surface area contributed by atoms with Crippen molar-refractivity contribution in [2.24, 2.45) is 5.10 Å². The van der Waals surface area contributed by atoms with Gasteiger partial charge in [0.05, 0.1) is 23.1 Å². The van der Waals surface area contributed by atoms with Crippen molar-refractivity contribution >= 4 is 27.6 Å². The van der Waals surface area contributed by atoms with Crippen molar-refractivity contribution in [2.75, 3.05) is 25.6 Å². The summed E-state index contributed by atoms with van der Waals surface area (Å²) in [6.45, 7) is 0.863. The van der Waals surface area contributed by atoms with E-state index in [1.54, 1.807) is 31.4 Å². The predicted molar refractivity (Wildman–Crippen MR) is 105 cm³/mol. The molecule has 0 unspecified atom stereocenters. The molecule has 0 aliphatic carbocycles. The van der Waals surface area contributed by atoms with Crippen LogP contribution in [0.15, 0.2) is 52.5 Å². The van der Waals surface area contributed by atoms with Crippen molar-refractivity contribution in [3.8, 4) is 5.75 Å². The summed E-state index contributed by atoms with van der Waals surface area (Å²) in [5, 5.41) is 15.4. The minimum atomic E-state index is -3.73. The molecule has 1 aliphatic rings. The number of anilines is 1. The van der Waals surface area contributed by atoms with Crippen LogP contribution in [0.2, 0.25) is 0 Å². The van der Waals surface area contributed by atoms with E-state index in [1.165, 1.54) is 22.7 Å². The Bertz CT molecular complexity index is 1000. The number of hydrogen-bond acceptors (Lipinski definition) is 7. The highest BCUT2D eigenvalue weighted by molar-refractivity contribution is 7.89. The van der Waals surface area contributed by atoms with Crippen LogP contribution < -0.4 is 10.2 Å². The number of hydrazone groups is 1. The molecule has 10 heteroatoms. The maximum Gasteiger partial charge on any atom is 0.295 e. The monoisotopic (exact) mass is 404 g/mol. The van der Waals surface area contributed by atoms with Gasteiger partial charge in [0.15, 0.2) is 0 Å². The van der Waals surface area contributed by atoms with E-state index in [9.17, 15) is 18.5 Å². The Kier molecular flexibility index (Phi) is 5.90. The lowest BCUT2D eigenvalue weighted by Crippen LogP contribution is -2.27. The highest BCUT2D eigenvalue weighted by atomic mass is 32.2. The Morgan fingerprint density at radius 3 is 2.64 bits per heavy atom. The van der Waals surface area contributed by atoms with Crippen LogP contribution in [-0.4, -0.2) is 44.1 Å². The topological polar surface area (TPSA) is 114 Å². The Labute approximate surface area is 162 Å². The van der Waals surface area contributed by atoms with E-state index in [2.05, 4.69) is 10.5 Å². The second-order valence-corrected chi connectivity index (χ2v) is 8.13. The number of nitrogens with zero attached hydrogens (tertiary/aromatic N) is 3. The van der Waals surface area contributed by atoms with Gasteiger partial charge in [0.25, 0.3) is 5.69 Å². The zero-order chi connectivity index (χ0) is 20.1. The van der Waals surface area contributed by atoms with Gasteiger partial charge in [0.1, 0.15) is 11.4 Å². The minimum Gasteiger partial charge on any atom is -0.497 e. The summed E-state index contributed by atoms with van der Waals surface area (Å²) < 4.78 is 31.7. The normalized spacial score (nSPS) is 15.0. The van der Waals surface area contributed by atoms with Gasteiger partial charge in [-0.2, -0.15) is 9.41 Å². The van der Waals surface area contributed by atoms with Gasteiger partial charge >= 0.3 is 0 Å². The van der Waals surface area contributed by atoms with Gasteiger partial charge < -0.3 is 4.74 Å². The van der Waals surface area contributed by atoms with Crippen LogP contribution in [0.5, 0.6) is 5.75 Å². The SMILES string of the molecule is COc1cccc(C=NNc2ccc(S(=O)(=O)N3CCCC3)cc2[N+](=O)[O-])c1. The third kappa shape index (κ3) is 4.29. The fourth-order valence-electron chi connectivity index (χ4n) is 2.89. The molecular formula is C18H20N4O5S. The van der Waals surface area contributed by atoms with Gasteiger partial charge in [-0.1, -0.05) is 12.1 Å². The number of benzene rings is 2. The summed E-state index contributed by atoms with van der Waals surface area (Å²) in [7, 11) is -2.18. The molecule has 0 aromatic heterocycles. The van der Waals surface area contributed by atoms with E-state index in [0.29, 0.717) is 18.8 Å². The first-order valence-corrected chi connectivity index (χ1v) is 10.1. The maximum atomic E-state index is 12.6. The molecule has 1 saturated heterocycles. The molecule has 148 valence electrons. The fourth-order valence-corrected chi connectivity index (χ4v) is 4.43. The summed E-state index contributed by atoms with van der Waals surface area (Å²) in [4.78, 5) is 10.7. The van der Waals surface area contributed by atoms with Crippen LogP contribution in [0.25, 0.3) is 0 Å². The molecule has 2 aromatic rings. The van der Waals surface area contributed by atoms with Crippen molar-refractivity contribution in [3.05, 3.63) is 58.1 Å². The molecule has 28 heavy (non-hydrogen) atoms. The molecule has 1 N–H and O–H groups in total. The Morgan fingerprint density at radius 1 is 1.21 bits per heavy atom. The Hall–Kier alpha value is -2.98. The number of sulfonamides is 1. The average Bonchev–Trinajstić information content (AvgIpc) is 3.24. The lowest BCUT2D eigenvalue weighted by Gasteiger charge is -2.15. The summed E-state index contributed by atoms with van der Waals surface area (Å²) in [5.41, 5.74) is 3.09. The number of methoxy groups -OCH3 is 1. The van der Waals surface area contributed by atoms with E-state index in [4.69, 9.17) is 4.74 Å². The molecule has 1 aliphatic heterocycles. The van der Waals surface area contributed by atoms with Crippen molar-refractivity contribution in [1.82, 2.24) is 4.31 Å². The van der Waals surface area contributed by atoms with Crippen LogP contribution >= 0.6 is 0 Å². The number of ether oxygens (including phenoxy) is 1. The molecule has 1 fully saturated rings. The molecule has 0 radical (unpaired) electrons. The van der Waals surface area contributed by atoms with Gasteiger partial charge in [-0.15, -0.1) is 0 Å². The second kappa shape index (κ2) is 8.36. The van der Waals surface area contributed by atoms with Gasteiger partial charge in [-0.05, 0) is 42.7 Å². The number of nitro benzene ring substituents is 1. The zero-order valence-electron chi connectivity index (χ0n) is 15.2. The average molecular weight is 404 g/mol. The van der Waals surface area contributed by atoms with Crippen LogP contribution in [0.1, 0.15) is 18.4 Å². The Balaban J connectivity index is 1.83. The standard InChI is InChI=1S/C18H20N4O5S/c1-27-15-6-4-5-14(11-15)13-19-20-17-8-7-16(12-18(17)22(23)24)28(25,26)21-9-2-3-10-21/h4-8,11-13,20H,2-3,9-10H2,1H3. The van der Waals surface area contributed by atoms with Gasteiger partial charge in [-0.3, -0.25) is 15.5 Å². The third-order valence-electron chi connectivity index (χ3n) is 4.36. The molecule has 3 rings (SSSR count). The quantitative estimate of drug-likeness (QED) is 0.431. The first-order valence-electron chi connectivity index (χ1n) is 8.63. The molecule has 1 heterocycles. The highest BCUT2D eigenvalue weighted by Crippen LogP contribution is 2.30. The number of nitro groups is 1. The summed E-state index contributed by atoms with van der Waals surface area (Å²) in [6.07, 6.45) is 3.07. The molecular weight excluding hydrogens is 384 g/mol. The number of rotatable bonds is 7. The molecule has 0 spiro atoms. The van der Waals surface area contributed by atoms with Crippen LogP contribution in [0.3, 0.4) is 0 Å². The van der Waals surface area contributed by atoms with Crippen molar-refractivity contribution in [3.63, 3.8) is 0 Å². The zero-order valence-corrected chi connectivity index (χ0v) is 16.1. The summed E-state index contributed by atoms with van der Waals surface area (Å²) in [5.74, 6) is 0.659. The van der Waals surface area contributed by atoms with Crippen LogP contribution in [-0.2, 0) is 10.0 Å². The molecule has 0 atom stereocenters. The number of nitrogens with one attached hydrogen (secondary N) is 1. The lowest BCUT2D eigenvalue weighted by molar-refractivity contribution is -0.384. The van der Waals surface area contributed by atoms with Crippen molar-refractivity contribution < 1.29 is 18.1 Å². The van der Waals surface area contributed by atoms with E-state index >= 15 is 0 Å². The largest absolute Gasteiger partial charge is 0.497 e. The van der Waals surface area contributed by atoms with E-state index in [0.717, 1.165) is 24.5 Å². The second-order valence-electron chi connectivity index (χ2n) is 6.19. The maximum absolute atomic E-state index is 12.6. The van der Waals surface area contributed by atoms with E-state index < -0.39 is 14.9 Å². The predicted octanol–water partition coefficient (Wildman–Crippen LogP) is 2.83. The molecule has 2 aromatic carbocycles. The number of hydrogen-bond donors (Lipinski definition) is 1. The van der Waals surface area contributed by atoms with Crippen LogP contribution in [0.4, 0.5) is 11.4 Å². The first-order chi connectivity index (χ1) is 13.4. The summed E-state index contributed by atoms with van der Waals surface area (Å²) in [6, 6.07) is 10.9. The molecule has 0 bridgehead atoms. The van der Waals surface area contributed by atoms with E-state index in [1.807, 2.05) is 0 Å². The lowest BCUT2D eigenvalue weighted by atomic mass is 10.2. The van der Waals surface area contributed by atoms with E-state index in [-0.39, 0.29) is 16.3 Å². The third-order valence-corrected chi connectivity index (χ3v) is 6.26. The Morgan fingerprint density at radius 2 is 1.96 bits per heavy atom. The molecule has 0 amide bonds. The van der Waals surface area contributed by atoms with Gasteiger partial charge in [0, 0.05) is 19.2 Å². The minimum absolute atomic E-state index is 0.0941. The fraction of sp³-hybridized carbons (Fsp3) is 0.278. The van der Waals surface area contributed by atoms with Crippen LogP contribution in [0, 0.1) is 10.1 Å². The van der Waals surface area contributed by atoms with Crippen molar-refractivity contribution in [2.45, 2.75) is 17.7 Å².